The minimum Gasteiger partial charge on any atom is -0.264 e. The largest absolute Gasteiger partial charge is 0.479 e. The van der Waals surface area contributed by atoms with Gasteiger partial charge in [0.25, 0.3) is 11.2 Å². The van der Waals surface area contributed by atoms with Crippen LogP contribution in [0, 0.1) is 36.0 Å². The van der Waals surface area contributed by atoms with Crippen LogP contribution < -0.4 is 0 Å². The monoisotopic (exact) mass is 378 g/mol. The first-order valence-electron chi connectivity index (χ1n) is 8.44. The molecule has 10 nitrogen and oxygen atoms in total. The van der Waals surface area contributed by atoms with Crippen LogP contribution in [0.4, 0.5) is 0 Å². The molecule has 0 spiro atoms. The van der Waals surface area contributed by atoms with E-state index in [0.717, 1.165) is 0 Å². The van der Waals surface area contributed by atoms with E-state index in [1.807, 2.05) is 41.5 Å². The molecule has 0 aliphatic rings. The molecule has 0 radical (unpaired) electrons. The molecule has 0 saturated heterocycles. The average Bonchev–Trinajstić information content (AvgIpc) is 2.16. The van der Waals surface area contributed by atoms with Crippen LogP contribution in [0.25, 0.3) is 0 Å². The highest BCUT2D eigenvalue weighted by Gasteiger charge is 2.49. The predicted molar refractivity (Wildman–Crippen MR) is 94.5 cm³/mol. The molecule has 0 N–H and O–H groups in total. The predicted octanol–water partition coefficient (Wildman–Crippen LogP) is 3.57. The van der Waals surface area contributed by atoms with E-state index in [2.05, 4.69) is 0 Å². The van der Waals surface area contributed by atoms with Gasteiger partial charge in [-0.2, -0.15) is 9.68 Å². The number of hydrogen-bond acceptors (Lipinski definition) is 7. The van der Waals surface area contributed by atoms with E-state index >= 15 is 0 Å². The summed E-state index contributed by atoms with van der Waals surface area (Å²) in [5, 5.41) is 21.7. The van der Waals surface area contributed by atoms with Crippen molar-refractivity contribution in [3.05, 3.63) is 25.1 Å². The van der Waals surface area contributed by atoms with E-state index in [-0.39, 0.29) is 28.8 Å². The number of hydrogen-bond donors (Lipinski definition) is 0. The van der Waals surface area contributed by atoms with Gasteiger partial charge < -0.3 is 0 Å². The lowest BCUT2D eigenvalue weighted by Crippen LogP contribution is -2.47. The molecule has 0 aromatic carbocycles. The maximum Gasteiger partial charge on any atom is 0.479 e. The topological polar surface area (TPSA) is 125 Å². The third-order valence-corrected chi connectivity index (χ3v) is 3.33. The fraction of sp³-hybridized carbons (Fsp3) is 1.00. The molecular weight excluding hydrogens is 346 g/mol. The first-order valence-corrected chi connectivity index (χ1v) is 8.44. The van der Waals surface area contributed by atoms with Crippen LogP contribution in [0.2, 0.25) is 0 Å². The summed E-state index contributed by atoms with van der Waals surface area (Å²) in [4.78, 5) is 43.5. The average molecular weight is 378 g/mol. The Hall–Kier alpha value is -2.00. The summed E-state index contributed by atoms with van der Waals surface area (Å²) in [7, 11) is 0. The lowest BCUT2D eigenvalue weighted by atomic mass is 9.83. The first kappa shape index (κ1) is 24.0. The van der Waals surface area contributed by atoms with Crippen LogP contribution in [0.1, 0.15) is 68.2 Å². The second-order valence-electron chi connectivity index (χ2n) is 9.76. The van der Waals surface area contributed by atoms with Crippen LogP contribution in [-0.2, 0) is 9.68 Å². The van der Waals surface area contributed by atoms with Gasteiger partial charge in [0.1, 0.15) is 4.91 Å². The zero-order chi connectivity index (χ0) is 21.0. The van der Waals surface area contributed by atoms with Gasteiger partial charge >= 0.3 is 5.09 Å². The van der Waals surface area contributed by atoms with Crippen LogP contribution >= 0.6 is 0 Å². The lowest BCUT2D eigenvalue weighted by molar-refractivity contribution is -1.01. The fourth-order valence-electron chi connectivity index (χ4n) is 3.40. The molecule has 26 heavy (non-hydrogen) atoms. The summed E-state index contributed by atoms with van der Waals surface area (Å²) in [6.45, 7) is 12.9. The van der Waals surface area contributed by atoms with E-state index in [1.54, 1.807) is 0 Å². The van der Waals surface area contributed by atoms with Crippen LogP contribution in [0.5, 0.6) is 0 Å². The van der Waals surface area contributed by atoms with Gasteiger partial charge in [0, 0.05) is 22.7 Å². The van der Waals surface area contributed by atoms with Crippen molar-refractivity contribution in [3.8, 4) is 0 Å². The summed E-state index contributed by atoms with van der Waals surface area (Å²) in [5.41, 5.74) is -3.52. The molecule has 0 aromatic heterocycles. The highest BCUT2D eigenvalue weighted by atomic mass is 17.0. The Labute approximate surface area is 154 Å². The maximum atomic E-state index is 12.2. The van der Waals surface area contributed by atoms with Crippen LogP contribution in [-0.4, -0.2) is 39.2 Å². The summed E-state index contributed by atoms with van der Waals surface area (Å²) < 4.78 is 0. The maximum absolute atomic E-state index is 12.2. The summed E-state index contributed by atoms with van der Waals surface area (Å²) in [6, 6.07) is 0. The van der Waals surface area contributed by atoms with E-state index in [0.29, 0.717) is 0 Å². The quantitative estimate of drug-likeness (QED) is 0.420. The second kappa shape index (κ2) is 8.13. The minimum atomic E-state index is -1.42. The minimum absolute atomic E-state index is 0.204. The molecule has 2 atom stereocenters. The molecule has 0 aliphatic heterocycles. The van der Waals surface area contributed by atoms with Gasteiger partial charge in [-0.05, 0) is 24.7 Å². The van der Waals surface area contributed by atoms with Gasteiger partial charge in [-0.25, -0.2) is 0 Å². The molecule has 0 rings (SSSR count). The van der Waals surface area contributed by atoms with Crippen LogP contribution in [0.3, 0.4) is 0 Å². The van der Waals surface area contributed by atoms with Crippen molar-refractivity contribution in [3.63, 3.8) is 0 Å². The molecule has 0 amide bonds. The number of nitro groups is 2. The SMILES string of the molecule is CC(C)(C)CC(C)(C[N+](=O)[O-])O[N+](=O)OC(C)(C[N+](=O)[O-])CC(C)(C)C. The van der Waals surface area contributed by atoms with Gasteiger partial charge in [-0.1, -0.05) is 41.5 Å². The van der Waals surface area contributed by atoms with E-state index in [4.69, 9.17) is 9.68 Å². The molecular formula is C16H32N3O7+. The van der Waals surface area contributed by atoms with Gasteiger partial charge in [0.15, 0.2) is 0 Å². The Balaban J connectivity index is 5.37. The van der Waals surface area contributed by atoms with Crippen molar-refractivity contribution in [2.45, 2.75) is 79.4 Å². The molecule has 0 aromatic rings. The Bertz CT molecular complexity index is 493. The Morgan fingerprint density at radius 3 is 1.12 bits per heavy atom. The van der Waals surface area contributed by atoms with Crippen molar-refractivity contribution < 1.29 is 24.6 Å². The molecule has 0 heterocycles. The van der Waals surface area contributed by atoms with Crippen molar-refractivity contribution >= 4 is 0 Å². The van der Waals surface area contributed by atoms with Gasteiger partial charge in [0.05, 0.1) is 0 Å². The Morgan fingerprint density at radius 2 is 0.923 bits per heavy atom. The lowest BCUT2D eigenvalue weighted by Gasteiger charge is -2.29. The highest BCUT2D eigenvalue weighted by Crippen LogP contribution is 2.33. The fourth-order valence-corrected chi connectivity index (χ4v) is 3.40. The molecule has 0 saturated carbocycles. The molecule has 10 heteroatoms. The van der Waals surface area contributed by atoms with E-state index < -0.39 is 34.1 Å². The molecule has 0 fully saturated rings. The Morgan fingerprint density at radius 1 is 0.654 bits per heavy atom. The van der Waals surface area contributed by atoms with Gasteiger partial charge in [-0.3, -0.25) is 20.2 Å². The third-order valence-electron chi connectivity index (χ3n) is 3.33. The summed E-state index contributed by atoms with van der Waals surface area (Å²) in [6.07, 6.45) is 0.433. The van der Waals surface area contributed by atoms with Crippen molar-refractivity contribution in [1.82, 2.24) is 0 Å². The summed E-state index contributed by atoms with van der Waals surface area (Å²) >= 11 is 0. The standard InChI is InChI=1S/C16H32N3O7/c1-13(2,3)9-15(7,11-17(20)21)25-19(24)26-16(8,12-18(22)23)10-14(4,5)6/h9-12H2,1-8H3/q+1. The summed E-state index contributed by atoms with van der Waals surface area (Å²) in [5.74, 6) is 0. The molecule has 152 valence electrons. The smallest absolute Gasteiger partial charge is 0.264 e. The zero-order valence-electron chi connectivity index (χ0n) is 17.0. The van der Waals surface area contributed by atoms with Crippen molar-refractivity contribution in [1.29, 1.82) is 0 Å². The number of rotatable bonds is 10. The number of nitrogens with zero attached hydrogens (tertiary/aromatic N) is 3. The zero-order valence-corrected chi connectivity index (χ0v) is 17.0. The third kappa shape index (κ3) is 10.8. The Kier molecular flexibility index (Phi) is 7.51. The first-order chi connectivity index (χ1) is 11.3. The molecule has 0 aliphatic carbocycles. The van der Waals surface area contributed by atoms with E-state index in [1.165, 1.54) is 13.8 Å². The van der Waals surface area contributed by atoms with Gasteiger partial charge in [0.2, 0.25) is 13.1 Å². The second-order valence-corrected chi connectivity index (χ2v) is 9.76. The van der Waals surface area contributed by atoms with Crippen molar-refractivity contribution in [2.75, 3.05) is 13.1 Å². The van der Waals surface area contributed by atoms with E-state index in [9.17, 15) is 25.1 Å². The van der Waals surface area contributed by atoms with Crippen molar-refractivity contribution in [2.24, 2.45) is 10.8 Å². The molecule has 0 bridgehead atoms. The highest BCUT2D eigenvalue weighted by molar-refractivity contribution is 4.81. The van der Waals surface area contributed by atoms with Gasteiger partial charge in [-0.15, -0.1) is 0 Å². The normalized spacial score (nSPS) is 16.9. The van der Waals surface area contributed by atoms with Crippen LogP contribution in [0.15, 0.2) is 0 Å². The molecule has 2 unspecified atom stereocenters.